The van der Waals surface area contributed by atoms with Gasteiger partial charge in [0, 0.05) is 53.2 Å². The summed E-state index contributed by atoms with van der Waals surface area (Å²) in [5.41, 5.74) is 7.90. The third kappa shape index (κ3) is 4.34. The first kappa shape index (κ1) is 23.6. The average Bonchev–Trinajstić information content (AvgIpc) is 3.34. The molecular formula is C28H28BrN5S. The van der Waals surface area contributed by atoms with E-state index in [-0.39, 0.29) is 12.1 Å². The molecule has 0 unspecified atom stereocenters. The second-order valence-corrected chi connectivity index (χ2v) is 10.4. The van der Waals surface area contributed by atoms with Gasteiger partial charge in [-0.15, -0.1) is 0 Å². The molecule has 0 spiro atoms. The molecule has 0 aliphatic carbocycles. The van der Waals surface area contributed by atoms with Crippen LogP contribution in [0.1, 0.15) is 34.7 Å². The highest BCUT2D eigenvalue weighted by Crippen LogP contribution is 2.44. The second-order valence-electron chi connectivity index (χ2n) is 9.05. The lowest BCUT2D eigenvalue weighted by Gasteiger charge is -2.28. The van der Waals surface area contributed by atoms with Gasteiger partial charge in [0.2, 0.25) is 0 Å². The first-order valence-electron chi connectivity index (χ1n) is 11.6. The zero-order valence-corrected chi connectivity index (χ0v) is 22.6. The Morgan fingerprint density at radius 1 is 0.943 bits per heavy atom. The first-order valence-corrected chi connectivity index (χ1v) is 12.8. The van der Waals surface area contributed by atoms with E-state index < -0.39 is 0 Å². The second kappa shape index (κ2) is 9.47. The summed E-state index contributed by atoms with van der Waals surface area (Å²) in [6, 6.07) is 25.2. The Labute approximate surface area is 220 Å². The number of nitrogens with zero attached hydrogens (tertiary/aromatic N) is 4. The van der Waals surface area contributed by atoms with Crippen LogP contribution in [-0.4, -0.2) is 28.8 Å². The summed E-state index contributed by atoms with van der Waals surface area (Å²) < 4.78 is 3.37. The predicted molar refractivity (Wildman–Crippen MR) is 152 cm³/mol. The fraction of sp³-hybridized carbons (Fsp3) is 0.214. The number of rotatable bonds is 5. The molecule has 5 nitrogen and oxygen atoms in total. The molecule has 178 valence electrons. The van der Waals surface area contributed by atoms with Crippen molar-refractivity contribution < 1.29 is 0 Å². The standard InChI is InChI=1S/C28H28BrN5S/c1-18-16-24(19(2)33(18)23-9-7-8-20(29)17-23)27-26(25-10-5-6-15-30-25)31-28(35)34(27)22-13-11-21(12-14-22)32(3)4/h5-17,26-27H,1-4H3,(H,31,35)/t26-,27-/m0/s1. The zero-order chi connectivity index (χ0) is 24.7. The largest absolute Gasteiger partial charge is 0.378 e. The van der Waals surface area contributed by atoms with E-state index in [4.69, 9.17) is 17.2 Å². The number of thiocarbonyl (C=S) groups is 1. The highest BCUT2D eigenvalue weighted by atomic mass is 79.9. The van der Waals surface area contributed by atoms with Gasteiger partial charge < -0.3 is 19.7 Å². The third-order valence-electron chi connectivity index (χ3n) is 6.60. The Morgan fingerprint density at radius 3 is 2.37 bits per heavy atom. The van der Waals surface area contributed by atoms with Gasteiger partial charge in [-0.3, -0.25) is 4.98 Å². The maximum Gasteiger partial charge on any atom is 0.174 e. The van der Waals surface area contributed by atoms with Crippen LogP contribution in [-0.2, 0) is 0 Å². The van der Waals surface area contributed by atoms with Crippen molar-refractivity contribution in [3.63, 3.8) is 0 Å². The van der Waals surface area contributed by atoms with E-state index in [9.17, 15) is 0 Å². The van der Waals surface area contributed by atoms with Crippen molar-refractivity contribution in [2.75, 3.05) is 23.9 Å². The molecule has 1 N–H and O–H groups in total. The number of hydrogen-bond donors (Lipinski definition) is 1. The molecule has 7 heteroatoms. The molecule has 35 heavy (non-hydrogen) atoms. The fourth-order valence-electron chi connectivity index (χ4n) is 4.96. The molecule has 0 bridgehead atoms. The van der Waals surface area contributed by atoms with Crippen LogP contribution in [0.2, 0.25) is 0 Å². The van der Waals surface area contributed by atoms with Crippen molar-refractivity contribution in [3.05, 3.63) is 106 Å². The van der Waals surface area contributed by atoms with Gasteiger partial charge in [-0.1, -0.05) is 28.1 Å². The van der Waals surface area contributed by atoms with Crippen molar-refractivity contribution in [2.24, 2.45) is 0 Å². The van der Waals surface area contributed by atoms with Gasteiger partial charge >= 0.3 is 0 Å². The number of hydrogen-bond acceptors (Lipinski definition) is 3. The van der Waals surface area contributed by atoms with Crippen molar-refractivity contribution >= 4 is 44.6 Å². The summed E-state index contributed by atoms with van der Waals surface area (Å²) in [6.07, 6.45) is 1.84. The molecule has 0 radical (unpaired) electrons. The summed E-state index contributed by atoms with van der Waals surface area (Å²) in [7, 11) is 4.10. The minimum Gasteiger partial charge on any atom is -0.378 e. The molecule has 1 fully saturated rings. The molecule has 2 aromatic heterocycles. The molecule has 2 atom stereocenters. The number of aryl methyl sites for hydroxylation is 1. The van der Waals surface area contributed by atoms with E-state index in [2.05, 4.69) is 104 Å². The number of halogens is 1. The van der Waals surface area contributed by atoms with Gasteiger partial charge in [-0.05, 0) is 92.3 Å². The van der Waals surface area contributed by atoms with Crippen LogP contribution in [0.5, 0.6) is 0 Å². The number of pyridine rings is 1. The average molecular weight is 547 g/mol. The van der Waals surface area contributed by atoms with Crippen LogP contribution in [0.3, 0.4) is 0 Å². The SMILES string of the molecule is Cc1cc([C@H]2[C@H](c3ccccn3)NC(=S)N2c2ccc(N(C)C)cc2)c(C)n1-c1cccc(Br)c1. The molecule has 3 heterocycles. The molecular weight excluding hydrogens is 518 g/mol. The van der Waals surface area contributed by atoms with Gasteiger partial charge in [-0.2, -0.15) is 0 Å². The van der Waals surface area contributed by atoms with Crippen molar-refractivity contribution in [1.29, 1.82) is 0 Å². The van der Waals surface area contributed by atoms with E-state index in [1.807, 2.05) is 38.5 Å². The molecule has 5 rings (SSSR count). The van der Waals surface area contributed by atoms with E-state index >= 15 is 0 Å². The monoisotopic (exact) mass is 545 g/mol. The number of aromatic nitrogens is 2. The summed E-state index contributed by atoms with van der Waals surface area (Å²) >= 11 is 9.54. The minimum absolute atomic E-state index is 0.0466. The van der Waals surface area contributed by atoms with Crippen LogP contribution >= 0.6 is 28.1 Å². The number of benzene rings is 2. The molecule has 1 aliphatic rings. The zero-order valence-electron chi connectivity index (χ0n) is 20.2. The minimum atomic E-state index is -0.0753. The van der Waals surface area contributed by atoms with Gasteiger partial charge in [0.05, 0.1) is 17.8 Å². The third-order valence-corrected chi connectivity index (χ3v) is 7.41. The Bertz CT molecular complexity index is 1360. The Kier molecular flexibility index (Phi) is 6.38. The Hall–Kier alpha value is -3.16. The lowest BCUT2D eigenvalue weighted by Crippen LogP contribution is -2.29. The lowest BCUT2D eigenvalue weighted by molar-refractivity contribution is 0.565. The van der Waals surface area contributed by atoms with Crippen molar-refractivity contribution in [3.8, 4) is 5.69 Å². The van der Waals surface area contributed by atoms with Gasteiger partial charge in [-0.25, -0.2) is 0 Å². The number of anilines is 2. The highest BCUT2D eigenvalue weighted by Gasteiger charge is 2.42. The van der Waals surface area contributed by atoms with Crippen LogP contribution < -0.4 is 15.1 Å². The van der Waals surface area contributed by atoms with E-state index in [0.717, 1.165) is 27.2 Å². The van der Waals surface area contributed by atoms with E-state index in [1.165, 1.54) is 17.0 Å². The summed E-state index contributed by atoms with van der Waals surface area (Å²) in [5.74, 6) is 0. The van der Waals surface area contributed by atoms with Gasteiger partial charge in [0.25, 0.3) is 0 Å². The quantitative estimate of drug-likeness (QED) is 0.290. The lowest BCUT2D eigenvalue weighted by atomic mass is 9.96. The van der Waals surface area contributed by atoms with Gasteiger partial charge in [0.15, 0.2) is 5.11 Å². The molecule has 4 aromatic rings. The van der Waals surface area contributed by atoms with Crippen LogP contribution in [0.25, 0.3) is 5.69 Å². The fourth-order valence-corrected chi connectivity index (χ4v) is 5.69. The highest BCUT2D eigenvalue weighted by molar-refractivity contribution is 9.10. The summed E-state index contributed by atoms with van der Waals surface area (Å²) in [4.78, 5) is 9.04. The maximum atomic E-state index is 5.92. The summed E-state index contributed by atoms with van der Waals surface area (Å²) in [6.45, 7) is 4.34. The van der Waals surface area contributed by atoms with Crippen molar-refractivity contribution in [1.82, 2.24) is 14.9 Å². The normalized spacial score (nSPS) is 17.5. The maximum absolute atomic E-state index is 5.92. The molecule has 0 amide bonds. The topological polar surface area (TPSA) is 36.3 Å². The Balaban J connectivity index is 1.66. The van der Waals surface area contributed by atoms with Crippen LogP contribution in [0, 0.1) is 13.8 Å². The molecule has 1 aliphatic heterocycles. The van der Waals surface area contributed by atoms with Crippen molar-refractivity contribution in [2.45, 2.75) is 25.9 Å². The van der Waals surface area contributed by atoms with Gasteiger partial charge in [0.1, 0.15) is 0 Å². The molecule has 1 saturated heterocycles. The van der Waals surface area contributed by atoms with E-state index in [1.54, 1.807) is 0 Å². The molecule has 0 saturated carbocycles. The Morgan fingerprint density at radius 2 is 1.71 bits per heavy atom. The van der Waals surface area contributed by atoms with Crippen LogP contribution in [0.4, 0.5) is 11.4 Å². The van der Waals surface area contributed by atoms with E-state index in [0.29, 0.717) is 5.11 Å². The smallest absolute Gasteiger partial charge is 0.174 e. The predicted octanol–water partition coefficient (Wildman–Crippen LogP) is 6.49. The summed E-state index contributed by atoms with van der Waals surface area (Å²) in [5, 5.41) is 4.28. The van der Waals surface area contributed by atoms with Crippen LogP contribution in [0.15, 0.2) is 83.5 Å². The number of nitrogens with one attached hydrogen (secondary N) is 1. The first-order chi connectivity index (χ1) is 16.8. The molecule has 2 aromatic carbocycles.